The summed E-state index contributed by atoms with van der Waals surface area (Å²) in [6.45, 7) is 9.27. The normalized spacial score (nSPS) is 13.7. The van der Waals surface area contributed by atoms with Gasteiger partial charge in [0.25, 0.3) is 0 Å². The molecule has 1 aromatic rings. The van der Waals surface area contributed by atoms with Crippen molar-refractivity contribution in [3.05, 3.63) is 11.9 Å². The van der Waals surface area contributed by atoms with Gasteiger partial charge in [-0.3, -0.25) is 10.5 Å². The summed E-state index contributed by atoms with van der Waals surface area (Å²) < 4.78 is 12.9. The van der Waals surface area contributed by atoms with Crippen LogP contribution in [0.25, 0.3) is 0 Å². The first-order valence-electron chi connectivity index (χ1n) is 6.12. The van der Waals surface area contributed by atoms with Gasteiger partial charge in [-0.15, -0.1) is 0 Å². The van der Waals surface area contributed by atoms with Crippen LogP contribution in [-0.2, 0) is 11.3 Å². The highest BCUT2D eigenvalue weighted by Gasteiger charge is 2.23. The topological polar surface area (TPSA) is 74.3 Å². The molecule has 0 fully saturated rings. The average Bonchev–Trinajstić information content (AvgIpc) is 2.71. The van der Waals surface area contributed by atoms with Crippen LogP contribution in [0.3, 0.4) is 0 Å². The van der Waals surface area contributed by atoms with Gasteiger partial charge >= 0.3 is 0 Å². The average molecular weight is 256 g/mol. The summed E-state index contributed by atoms with van der Waals surface area (Å²) in [7, 11) is 1.62. The molecule has 3 N–H and O–H groups in total. The minimum atomic E-state index is -0.209. The molecule has 0 bridgehead atoms. The van der Waals surface area contributed by atoms with Crippen LogP contribution in [0, 0.1) is 0 Å². The lowest BCUT2D eigenvalue weighted by atomic mass is 10.1. The number of aryl methyl sites for hydroxylation is 1. The molecule has 0 aliphatic rings. The number of nitrogens with zero attached hydrogens (tertiary/aromatic N) is 2. The van der Waals surface area contributed by atoms with Gasteiger partial charge in [0.2, 0.25) is 0 Å². The van der Waals surface area contributed by atoms with Gasteiger partial charge in [0.05, 0.1) is 31.6 Å². The summed E-state index contributed by atoms with van der Waals surface area (Å²) in [4.78, 5) is 0. The molecule has 1 heterocycles. The zero-order chi connectivity index (χ0) is 13.8. The van der Waals surface area contributed by atoms with Crippen LogP contribution in [0.5, 0.6) is 5.75 Å². The molecule has 0 radical (unpaired) electrons. The fourth-order valence-corrected chi connectivity index (χ4v) is 1.68. The molecule has 1 aromatic heterocycles. The zero-order valence-electron chi connectivity index (χ0n) is 11.9. The van der Waals surface area contributed by atoms with Crippen molar-refractivity contribution in [2.45, 2.75) is 45.9 Å². The van der Waals surface area contributed by atoms with Crippen LogP contribution in [0.1, 0.15) is 39.4 Å². The van der Waals surface area contributed by atoms with Crippen LogP contribution in [-0.4, -0.2) is 29.1 Å². The van der Waals surface area contributed by atoms with Crippen molar-refractivity contribution < 1.29 is 9.47 Å². The molecular formula is C12H24N4O2. The Bertz CT molecular complexity index is 349. The molecule has 1 unspecified atom stereocenters. The summed E-state index contributed by atoms with van der Waals surface area (Å²) in [6, 6.07) is -0.151. The van der Waals surface area contributed by atoms with Crippen LogP contribution in [0.2, 0.25) is 0 Å². The van der Waals surface area contributed by atoms with Crippen molar-refractivity contribution in [2.75, 3.05) is 13.7 Å². The van der Waals surface area contributed by atoms with Crippen LogP contribution >= 0.6 is 0 Å². The van der Waals surface area contributed by atoms with Crippen molar-refractivity contribution in [2.24, 2.45) is 5.84 Å². The van der Waals surface area contributed by atoms with Crippen molar-refractivity contribution >= 4 is 0 Å². The Morgan fingerprint density at radius 1 is 1.50 bits per heavy atom. The Labute approximate surface area is 108 Å². The second-order valence-corrected chi connectivity index (χ2v) is 5.06. The van der Waals surface area contributed by atoms with E-state index in [2.05, 4.69) is 10.5 Å². The fourth-order valence-electron chi connectivity index (χ4n) is 1.68. The number of hydrogen-bond acceptors (Lipinski definition) is 5. The highest BCUT2D eigenvalue weighted by atomic mass is 16.5. The maximum atomic E-state index is 5.77. The fraction of sp³-hybridized carbons (Fsp3) is 0.750. The monoisotopic (exact) mass is 256 g/mol. The highest BCUT2D eigenvalue weighted by molar-refractivity contribution is 5.28. The smallest absolute Gasteiger partial charge is 0.161 e. The van der Waals surface area contributed by atoms with E-state index in [9.17, 15) is 0 Å². The SMILES string of the molecule is CCn1ncc(OC)c1C(COC(C)(C)C)NN. The molecule has 1 rings (SSSR count). The quantitative estimate of drug-likeness (QED) is 0.591. The van der Waals surface area contributed by atoms with E-state index in [-0.39, 0.29) is 11.6 Å². The van der Waals surface area contributed by atoms with E-state index in [0.717, 1.165) is 18.0 Å². The van der Waals surface area contributed by atoms with Crippen molar-refractivity contribution in [3.63, 3.8) is 0 Å². The van der Waals surface area contributed by atoms with Crippen molar-refractivity contribution in [1.29, 1.82) is 0 Å². The van der Waals surface area contributed by atoms with E-state index in [1.807, 2.05) is 32.4 Å². The van der Waals surface area contributed by atoms with Crippen molar-refractivity contribution in [3.8, 4) is 5.75 Å². The van der Waals surface area contributed by atoms with Gasteiger partial charge in [0, 0.05) is 6.54 Å². The van der Waals surface area contributed by atoms with Gasteiger partial charge in [-0.2, -0.15) is 5.10 Å². The number of nitrogens with one attached hydrogen (secondary N) is 1. The molecule has 0 amide bonds. The number of ether oxygens (including phenoxy) is 2. The Hall–Kier alpha value is -1.11. The first kappa shape index (κ1) is 14.9. The van der Waals surface area contributed by atoms with E-state index >= 15 is 0 Å². The van der Waals surface area contributed by atoms with Gasteiger partial charge in [-0.25, -0.2) is 5.43 Å². The second kappa shape index (κ2) is 6.17. The third-order valence-corrected chi connectivity index (χ3v) is 2.58. The number of hydrogen-bond donors (Lipinski definition) is 2. The standard InChI is InChI=1S/C12H24N4O2/c1-6-16-11(10(17-5)7-14-16)9(15-13)8-18-12(2,3)4/h7,9,15H,6,8,13H2,1-5H3. The Kier molecular flexibility index (Phi) is 5.13. The number of nitrogens with two attached hydrogens (primary N) is 1. The molecule has 0 aliphatic heterocycles. The number of aromatic nitrogens is 2. The van der Waals surface area contributed by atoms with E-state index in [0.29, 0.717) is 6.61 Å². The van der Waals surface area contributed by atoms with Gasteiger partial charge < -0.3 is 9.47 Å². The van der Waals surface area contributed by atoms with Crippen molar-refractivity contribution in [1.82, 2.24) is 15.2 Å². The zero-order valence-corrected chi connectivity index (χ0v) is 11.9. The van der Waals surface area contributed by atoms with Gasteiger partial charge in [0.15, 0.2) is 5.75 Å². The summed E-state index contributed by atoms with van der Waals surface area (Å²) in [5, 5.41) is 4.26. The summed E-state index contributed by atoms with van der Waals surface area (Å²) >= 11 is 0. The van der Waals surface area contributed by atoms with Gasteiger partial charge in [-0.05, 0) is 27.7 Å². The molecular weight excluding hydrogens is 232 g/mol. The first-order valence-corrected chi connectivity index (χ1v) is 6.12. The molecule has 104 valence electrons. The maximum absolute atomic E-state index is 5.77. The number of rotatable bonds is 6. The summed E-state index contributed by atoms with van der Waals surface area (Å²) in [5.74, 6) is 6.33. The predicted octanol–water partition coefficient (Wildman–Crippen LogP) is 1.23. The molecule has 0 spiro atoms. The van der Waals surface area contributed by atoms with E-state index in [1.54, 1.807) is 13.3 Å². The Morgan fingerprint density at radius 2 is 2.17 bits per heavy atom. The lowest BCUT2D eigenvalue weighted by Gasteiger charge is -2.25. The van der Waals surface area contributed by atoms with Gasteiger partial charge in [0.1, 0.15) is 5.69 Å². The third-order valence-electron chi connectivity index (χ3n) is 2.58. The van der Waals surface area contributed by atoms with Crippen LogP contribution in [0.4, 0.5) is 0 Å². The minimum absolute atomic E-state index is 0.151. The van der Waals surface area contributed by atoms with E-state index < -0.39 is 0 Å². The van der Waals surface area contributed by atoms with Crippen LogP contribution in [0.15, 0.2) is 6.20 Å². The molecule has 0 saturated carbocycles. The first-order chi connectivity index (χ1) is 8.42. The third kappa shape index (κ3) is 3.69. The maximum Gasteiger partial charge on any atom is 0.161 e. The Balaban J connectivity index is 2.90. The number of hydrazine groups is 1. The van der Waals surface area contributed by atoms with E-state index in [4.69, 9.17) is 15.3 Å². The molecule has 6 heteroatoms. The largest absolute Gasteiger partial charge is 0.493 e. The molecule has 1 atom stereocenters. The summed E-state index contributed by atoms with van der Waals surface area (Å²) in [6.07, 6.45) is 1.69. The molecule has 18 heavy (non-hydrogen) atoms. The predicted molar refractivity (Wildman–Crippen MR) is 70.2 cm³/mol. The molecule has 0 saturated heterocycles. The van der Waals surface area contributed by atoms with Gasteiger partial charge in [-0.1, -0.05) is 0 Å². The lowest BCUT2D eigenvalue weighted by molar-refractivity contribution is -0.0160. The minimum Gasteiger partial charge on any atom is -0.493 e. The Morgan fingerprint density at radius 3 is 2.61 bits per heavy atom. The van der Waals surface area contributed by atoms with Crippen LogP contribution < -0.4 is 16.0 Å². The molecule has 0 aliphatic carbocycles. The second-order valence-electron chi connectivity index (χ2n) is 5.06. The summed E-state index contributed by atoms with van der Waals surface area (Å²) in [5.41, 5.74) is 3.46. The lowest BCUT2D eigenvalue weighted by Crippen LogP contribution is -2.35. The number of methoxy groups -OCH3 is 1. The highest BCUT2D eigenvalue weighted by Crippen LogP contribution is 2.25. The van der Waals surface area contributed by atoms with E-state index in [1.165, 1.54) is 0 Å². The molecule has 6 nitrogen and oxygen atoms in total. The molecule has 0 aromatic carbocycles.